The van der Waals surface area contributed by atoms with Gasteiger partial charge in [-0.25, -0.2) is 14.5 Å². The largest absolute Gasteiger partial charge is 0.433 e. The van der Waals surface area contributed by atoms with Crippen LogP contribution >= 0.6 is 0 Å². The van der Waals surface area contributed by atoms with E-state index in [-0.39, 0.29) is 29.0 Å². The van der Waals surface area contributed by atoms with Crippen LogP contribution in [-0.2, 0) is 19.8 Å². The van der Waals surface area contributed by atoms with Crippen molar-refractivity contribution in [3.05, 3.63) is 29.6 Å². The van der Waals surface area contributed by atoms with Gasteiger partial charge in [-0.1, -0.05) is 0 Å². The van der Waals surface area contributed by atoms with Gasteiger partial charge in [0, 0.05) is 75.2 Å². The Morgan fingerprint density at radius 2 is 1.71 bits per heavy atom. The number of carbonyl (C=O) groups excluding carboxylic acids is 1. The number of amides is 2. The molecule has 2 amide bonds. The molecule has 5 aliphatic rings. The highest BCUT2D eigenvalue weighted by atomic mass is 19.4. The lowest BCUT2D eigenvalue weighted by atomic mass is 9.60. The molecule has 7 rings (SSSR count). The van der Waals surface area contributed by atoms with Crippen molar-refractivity contribution in [2.75, 3.05) is 39.3 Å². The Bertz CT molecular complexity index is 1160. The molecule has 5 heterocycles. The van der Waals surface area contributed by atoms with Crippen LogP contribution in [0.1, 0.15) is 54.7 Å². The molecule has 0 aromatic carbocycles. The molecule has 0 bridgehead atoms. The van der Waals surface area contributed by atoms with Crippen LogP contribution in [0, 0.1) is 10.8 Å². The average molecular weight is 491 g/mol. The Morgan fingerprint density at radius 3 is 2.34 bits per heavy atom. The van der Waals surface area contributed by atoms with Gasteiger partial charge in [-0.05, 0) is 25.7 Å². The molecule has 9 nitrogen and oxygen atoms in total. The zero-order valence-corrected chi connectivity index (χ0v) is 19.7. The van der Waals surface area contributed by atoms with Crippen molar-refractivity contribution in [1.29, 1.82) is 0 Å². The zero-order chi connectivity index (χ0) is 24.2. The molecule has 2 aromatic heterocycles. The quantitative estimate of drug-likeness (QED) is 0.659. The monoisotopic (exact) mass is 490 g/mol. The van der Waals surface area contributed by atoms with Gasteiger partial charge in [0.2, 0.25) is 0 Å². The summed E-state index contributed by atoms with van der Waals surface area (Å²) < 4.78 is 42.8. The van der Waals surface area contributed by atoms with E-state index < -0.39 is 11.9 Å². The molecule has 188 valence electrons. The first-order valence-electron chi connectivity index (χ1n) is 12.4. The second kappa shape index (κ2) is 6.98. The second-order valence-electron chi connectivity index (χ2n) is 11.7. The minimum absolute atomic E-state index is 0.0345. The van der Waals surface area contributed by atoms with Crippen LogP contribution in [0.15, 0.2) is 12.5 Å². The molecule has 2 aromatic rings. The highest BCUT2D eigenvalue weighted by molar-refractivity contribution is 5.77. The first-order valence-corrected chi connectivity index (χ1v) is 12.4. The number of hydrogen-bond donors (Lipinski definition) is 0. The van der Waals surface area contributed by atoms with Gasteiger partial charge in [0.05, 0.1) is 12.2 Å². The maximum absolute atomic E-state index is 13.3. The molecule has 3 saturated heterocycles. The van der Waals surface area contributed by atoms with Gasteiger partial charge in [-0.15, -0.1) is 0 Å². The van der Waals surface area contributed by atoms with Gasteiger partial charge in [0.15, 0.2) is 5.82 Å². The minimum atomic E-state index is -4.41. The fraction of sp³-hybridized carbons (Fsp3) is 0.739. The van der Waals surface area contributed by atoms with E-state index in [1.54, 1.807) is 0 Å². The third-order valence-electron chi connectivity index (χ3n) is 8.62. The van der Waals surface area contributed by atoms with Gasteiger partial charge < -0.3 is 9.80 Å². The van der Waals surface area contributed by atoms with E-state index in [0.29, 0.717) is 25.0 Å². The summed E-state index contributed by atoms with van der Waals surface area (Å²) in [5.74, 6) is 1.55. The van der Waals surface area contributed by atoms with Gasteiger partial charge in [0.25, 0.3) is 0 Å². The van der Waals surface area contributed by atoms with Crippen LogP contribution in [0.5, 0.6) is 0 Å². The molecule has 0 atom stereocenters. The summed E-state index contributed by atoms with van der Waals surface area (Å²) in [6.07, 6.45) is 3.28. The van der Waals surface area contributed by atoms with Crippen molar-refractivity contribution < 1.29 is 18.0 Å². The SMILES string of the molecule is Cn1ncc(CN2CC3(C2)CN(C(=O)N2CC4(CC(n5cnc(C6CC6)n5)C4)C2)C3)c1C(F)(F)F. The Hall–Kier alpha value is -2.63. The second-order valence-corrected chi connectivity index (χ2v) is 11.7. The lowest BCUT2D eigenvalue weighted by Gasteiger charge is -2.63. The molecule has 2 saturated carbocycles. The van der Waals surface area contributed by atoms with Crippen molar-refractivity contribution >= 4 is 6.03 Å². The number of carbonyl (C=O) groups is 1. The van der Waals surface area contributed by atoms with Crippen LogP contribution in [0.2, 0.25) is 0 Å². The number of rotatable bonds is 4. The Labute approximate surface area is 200 Å². The maximum Gasteiger partial charge on any atom is 0.433 e. The summed E-state index contributed by atoms with van der Waals surface area (Å²) >= 11 is 0. The molecule has 2 spiro atoms. The number of hydrogen-bond acceptors (Lipinski definition) is 5. The van der Waals surface area contributed by atoms with E-state index in [9.17, 15) is 18.0 Å². The Balaban J connectivity index is 0.862. The maximum atomic E-state index is 13.3. The fourth-order valence-corrected chi connectivity index (χ4v) is 6.79. The summed E-state index contributed by atoms with van der Waals surface area (Å²) in [5, 5.41) is 8.45. The molecule has 5 fully saturated rings. The zero-order valence-electron chi connectivity index (χ0n) is 19.7. The van der Waals surface area contributed by atoms with Crippen LogP contribution in [0.3, 0.4) is 0 Å². The third kappa shape index (κ3) is 3.47. The average Bonchev–Trinajstić information content (AvgIpc) is 3.28. The highest BCUT2D eigenvalue weighted by Gasteiger charge is 2.58. The predicted molar refractivity (Wildman–Crippen MR) is 117 cm³/mol. The van der Waals surface area contributed by atoms with E-state index in [1.165, 1.54) is 26.1 Å². The lowest BCUT2D eigenvalue weighted by molar-refractivity contribution is -0.146. The number of likely N-dealkylation sites (tertiary alicyclic amines) is 3. The van der Waals surface area contributed by atoms with Gasteiger partial charge >= 0.3 is 12.2 Å². The van der Waals surface area contributed by atoms with Crippen molar-refractivity contribution in [3.63, 3.8) is 0 Å². The molecule has 0 radical (unpaired) electrons. The van der Waals surface area contributed by atoms with Crippen LogP contribution in [-0.4, -0.2) is 84.5 Å². The standard InChI is InChI=1S/C23H29F3N8O/c1-30-18(23(24,25)26)16(6-28-30)7-31-8-22(9-31)12-33(13-22)20(35)32-10-21(11-32)4-17(5-21)34-14-27-19(29-34)15-2-3-15/h6,14-15,17H,2-5,7-13H2,1H3. The van der Waals surface area contributed by atoms with Crippen molar-refractivity contribution in [3.8, 4) is 0 Å². The first-order chi connectivity index (χ1) is 16.6. The van der Waals surface area contributed by atoms with E-state index in [2.05, 4.69) is 15.2 Å². The van der Waals surface area contributed by atoms with E-state index in [0.717, 1.165) is 49.5 Å². The number of halogens is 3. The van der Waals surface area contributed by atoms with Gasteiger partial charge in [-0.3, -0.25) is 9.58 Å². The summed E-state index contributed by atoms with van der Waals surface area (Å²) in [6.45, 7) is 4.67. The number of aromatic nitrogens is 5. The Kier molecular flexibility index (Phi) is 4.32. The van der Waals surface area contributed by atoms with Crippen LogP contribution < -0.4 is 0 Å². The van der Waals surface area contributed by atoms with E-state index >= 15 is 0 Å². The van der Waals surface area contributed by atoms with Crippen molar-refractivity contribution in [2.45, 2.75) is 50.4 Å². The normalized spacial score (nSPS) is 25.4. The molecule has 3 aliphatic heterocycles. The van der Waals surface area contributed by atoms with Crippen LogP contribution in [0.4, 0.5) is 18.0 Å². The predicted octanol–water partition coefficient (Wildman–Crippen LogP) is 2.48. The number of aryl methyl sites for hydroxylation is 1. The molecule has 2 aliphatic carbocycles. The van der Waals surface area contributed by atoms with E-state index in [4.69, 9.17) is 0 Å². The van der Waals surface area contributed by atoms with Crippen molar-refractivity contribution in [2.24, 2.45) is 17.9 Å². The molecule has 0 N–H and O–H groups in total. The number of urea groups is 1. The Morgan fingerprint density at radius 1 is 1.06 bits per heavy atom. The van der Waals surface area contributed by atoms with Crippen molar-refractivity contribution in [1.82, 2.24) is 39.2 Å². The summed E-state index contributed by atoms with van der Waals surface area (Å²) in [7, 11) is 1.32. The van der Waals surface area contributed by atoms with Gasteiger partial charge in [-0.2, -0.15) is 23.4 Å². The summed E-state index contributed by atoms with van der Waals surface area (Å²) in [6, 6.07) is 0.504. The molecule has 35 heavy (non-hydrogen) atoms. The molecular formula is C23H29F3N8O. The minimum Gasteiger partial charge on any atom is -0.323 e. The summed E-state index contributed by atoms with van der Waals surface area (Å²) in [5.41, 5.74) is -0.198. The number of nitrogens with zero attached hydrogens (tertiary/aromatic N) is 8. The molecular weight excluding hydrogens is 461 g/mol. The van der Waals surface area contributed by atoms with Gasteiger partial charge in [0.1, 0.15) is 12.0 Å². The number of alkyl halides is 3. The topological polar surface area (TPSA) is 75.3 Å². The van der Waals surface area contributed by atoms with Crippen LogP contribution in [0.25, 0.3) is 0 Å². The highest BCUT2D eigenvalue weighted by Crippen LogP contribution is 2.54. The molecule has 12 heteroatoms. The summed E-state index contributed by atoms with van der Waals surface area (Å²) in [4.78, 5) is 23.2. The molecule has 0 unspecified atom stereocenters. The lowest BCUT2D eigenvalue weighted by Crippen LogP contribution is -2.75. The third-order valence-corrected chi connectivity index (χ3v) is 8.62. The first kappa shape index (κ1) is 21.6. The fourth-order valence-electron chi connectivity index (χ4n) is 6.79. The van der Waals surface area contributed by atoms with E-state index in [1.807, 2.05) is 25.7 Å². The smallest absolute Gasteiger partial charge is 0.323 e.